The first-order chi connectivity index (χ1) is 13.1. The summed E-state index contributed by atoms with van der Waals surface area (Å²) in [6.45, 7) is 6.23. The number of carbonyl (C=O) groups excluding carboxylic acids is 1. The molecule has 0 fully saturated rings. The van der Waals surface area contributed by atoms with Crippen molar-refractivity contribution in [3.8, 4) is 11.5 Å². The van der Waals surface area contributed by atoms with Gasteiger partial charge in [0, 0.05) is 13.7 Å². The highest BCUT2D eigenvalue weighted by Crippen LogP contribution is 2.24. The lowest BCUT2D eigenvalue weighted by molar-refractivity contribution is 0.146. The second-order valence-electron chi connectivity index (χ2n) is 6.49. The second-order valence-corrected chi connectivity index (χ2v) is 6.49. The Kier molecular flexibility index (Phi) is 8.45. The third-order valence-electron chi connectivity index (χ3n) is 3.64. The summed E-state index contributed by atoms with van der Waals surface area (Å²) >= 11 is 0. The smallest absolute Gasteiger partial charge is 0.319 e. The van der Waals surface area contributed by atoms with Gasteiger partial charge < -0.3 is 24.8 Å². The predicted molar refractivity (Wildman–Crippen MR) is 106 cm³/mol. The van der Waals surface area contributed by atoms with Crippen molar-refractivity contribution in [1.82, 2.24) is 5.32 Å². The van der Waals surface area contributed by atoms with Gasteiger partial charge in [-0.1, -0.05) is 38.1 Å². The molecule has 0 aliphatic carbocycles. The number of nitrogens with one attached hydrogen (secondary N) is 2. The number of anilines is 1. The zero-order valence-corrected chi connectivity index (χ0v) is 16.2. The molecule has 0 aliphatic heterocycles. The van der Waals surface area contributed by atoms with Crippen molar-refractivity contribution in [2.75, 3.05) is 32.2 Å². The molecule has 0 atom stereocenters. The van der Waals surface area contributed by atoms with Crippen molar-refractivity contribution in [2.24, 2.45) is 5.92 Å². The van der Waals surface area contributed by atoms with E-state index in [-0.39, 0.29) is 6.03 Å². The van der Waals surface area contributed by atoms with Crippen LogP contribution in [0.15, 0.2) is 48.5 Å². The average molecular weight is 372 g/mol. The Morgan fingerprint density at radius 2 is 1.74 bits per heavy atom. The van der Waals surface area contributed by atoms with E-state index in [0.717, 1.165) is 11.3 Å². The van der Waals surface area contributed by atoms with Crippen LogP contribution in [0.4, 0.5) is 10.5 Å². The molecular weight excluding hydrogens is 344 g/mol. The highest BCUT2D eigenvalue weighted by molar-refractivity contribution is 5.90. The van der Waals surface area contributed by atoms with E-state index in [9.17, 15) is 4.79 Å². The molecule has 0 unspecified atom stereocenters. The molecule has 2 aromatic carbocycles. The van der Waals surface area contributed by atoms with Crippen LogP contribution in [-0.4, -0.2) is 33.0 Å². The third kappa shape index (κ3) is 7.58. The third-order valence-corrected chi connectivity index (χ3v) is 3.64. The van der Waals surface area contributed by atoms with E-state index < -0.39 is 0 Å². The molecule has 146 valence electrons. The van der Waals surface area contributed by atoms with Crippen LogP contribution in [0.5, 0.6) is 11.5 Å². The topological polar surface area (TPSA) is 68.8 Å². The number of rotatable bonds is 10. The van der Waals surface area contributed by atoms with Gasteiger partial charge in [-0.3, -0.25) is 0 Å². The minimum atomic E-state index is -0.281. The second kappa shape index (κ2) is 11.1. The number of hydrogen-bond donors (Lipinski definition) is 2. The Balaban J connectivity index is 1.82. The standard InChI is InChI=1S/C21H28N2O4/c1-16(2)15-27-20-7-5-4-6-19(20)23-21(24)22-14-17-8-10-18(11-9-17)26-13-12-25-3/h4-11,16H,12-15H2,1-3H3,(H2,22,23,24). The lowest BCUT2D eigenvalue weighted by Crippen LogP contribution is -2.28. The van der Waals surface area contributed by atoms with Gasteiger partial charge in [-0.05, 0) is 35.7 Å². The molecule has 2 aromatic rings. The number of methoxy groups -OCH3 is 1. The van der Waals surface area contributed by atoms with E-state index in [2.05, 4.69) is 24.5 Å². The molecule has 2 N–H and O–H groups in total. The van der Waals surface area contributed by atoms with E-state index in [4.69, 9.17) is 14.2 Å². The maximum Gasteiger partial charge on any atom is 0.319 e. The number of amides is 2. The zero-order valence-electron chi connectivity index (χ0n) is 16.2. The molecule has 6 nitrogen and oxygen atoms in total. The largest absolute Gasteiger partial charge is 0.491 e. The van der Waals surface area contributed by atoms with Crippen LogP contribution in [-0.2, 0) is 11.3 Å². The van der Waals surface area contributed by atoms with Gasteiger partial charge in [0.25, 0.3) is 0 Å². The quantitative estimate of drug-likeness (QED) is 0.617. The predicted octanol–water partition coefficient (Wildman–Crippen LogP) is 4.07. The molecule has 2 rings (SSSR count). The highest BCUT2D eigenvalue weighted by atomic mass is 16.5. The SMILES string of the molecule is COCCOc1ccc(CNC(=O)Nc2ccccc2OCC(C)C)cc1. The van der Waals surface area contributed by atoms with Crippen molar-refractivity contribution < 1.29 is 19.0 Å². The first-order valence-corrected chi connectivity index (χ1v) is 9.06. The molecule has 0 spiro atoms. The van der Waals surface area contributed by atoms with Crippen LogP contribution >= 0.6 is 0 Å². The van der Waals surface area contributed by atoms with Crippen molar-refractivity contribution in [3.63, 3.8) is 0 Å². The molecule has 0 radical (unpaired) electrons. The van der Waals surface area contributed by atoms with Gasteiger partial charge >= 0.3 is 6.03 Å². The Labute approximate surface area is 160 Å². The Bertz CT molecular complexity index is 702. The molecule has 27 heavy (non-hydrogen) atoms. The maximum atomic E-state index is 12.2. The van der Waals surface area contributed by atoms with Crippen molar-refractivity contribution in [1.29, 1.82) is 0 Å². The lowest BCUT2D eigenvalue weighted by Gasteiger charge is -2.14. The number of carbonyl (C=O) groups is 1. The minimum absolute atomic E-state index is 0.281. The molecule has 0 aromatic heterocycles. The van der Waals surface area contributed by atoms with Gasteiger partial charge in [0.1, 0.15) is 18.1 Å². The van der Waals surface area contributed by atoms with Crippen LogP contribution in [0, 0.1) is 5.92 Å². The van der Waals surface area contributed by atoms with E-state index in [1.165, 1.54) is 0 Å². The number of para-hydroxylation sites is 2. The molecule has 0 heterocycles. The van der Waals surface area contributed by atoms with E-state index in [1.807, 2.05) is 48.5 Å². The molecule has 0 saturated heterocycles. The monoisotopic (exact) mass is 372 g/mol. The first kappa shape index (κ1) is 20.6. The summed E-state index contributed by atoms with van der Waals surface area (Å²) in [4.78, 5) is 12.2. The lowest BCUT2D eigenvalue weighted by atomic mass is 10.2. The number of urea groups is 1. The first-order valence-electron chi connectivity index (χ1n) is 9.06. The number of hydrogen-bond acceptors (Lipinski definition) is 4. The van der Waals surface area contributed by atoms with E-state index in [1.54, 1.807) is 7.11 Å². The fourth-order valence-corrected chi connectivity index (χ4v) is 2.25. The van der Waals surface area contributed by atoms with Crippen LogP contribution in [0.1, 0.15) is 19.4 Å². The zero-order chi connectivity index (χ0) is 19.5. The Hall–Kier alpha value is -2.73. The van der Waals surface area contributed by atoms with Crippen LogP contribution in [0.2, 0.25) is 0 Å². The summed E-state index contributed by atoms with van der Waals surface area (Å²) in [5.41, 5.74) is 1.63. The van der Waals surface area contributed by atoms with Gasteiger partial charge in [0.05, 0.1) is 18.9 Å². The Morgan fingerprint density at radius 1 is 1.00 bits per heavy atom. The maximum absolute atomic E-state index is 12.2. The Morgan fingerprint density at radius 3 is 2.44 bits per heavy atom. The van der Waals surface area contributed by atoms with Gasteiger partial charge in [0.2, 0.25) is 0 Å². The fraction of sp³-hybridized carbons (Fsp3) is 0.381. The summed E-state index contributed by atoms with van der Waals surface area (Å²) in [6.07, 6.45) is 0. The van der Waals surface area contributed by atoms with Crippen LogP contribution < -0.4 is 20.1 Å². The van der Waals surface area contributed by atoms with E-state index >= 15 is 0 Å². The normalized spacial score (nSPS) is 10.5. The summed E-state index contributed by atoms with van der Waals surface area (Å²) in [5, 5.41) is 5.68. The van der Waals surface area contributed by atoms with Crippen LogP contribution in [0.3, 0.4) is 0 Å². The van der Waals surface area contributed by atoms with Gasteiger partial charge in [-0.25, -0.2) is 4.79 Å². The van der Waals surface area contributed by atoms with E-state index in [0.29, 0.717) is 43.7 Å². The van der Waals surface area contributed by atoms with Gasteiger partial charge in [0.15, 0.2) is 0 Å². The van der Waals surface area contributed by atoms with Crippen molar-refractivity contribution in [3.05, 3.63) is 54.1 Å². The molecule has 2 amide bonds. The fourth-order valence-electron chi connectivity index (χ4n) is 2.25. The van der Waals surface area contributed by atoms with Crippen molar-refractivity contribution >= 4 is 11.7 Å². The molecule has 0 bridgehead atoms. The molecule has 6 heteroatoms. The summed E-state index contributed by atoms with van der Waals surface area (Å²) in [6, 6.07) is 14.7. The van der Waals surface area contributed by atoms with Gasteiger partial charge in [-0.2, -0.15) is 0 Å². The number of benzene rings is 2. The summed E-state index contributed by atoms with van der Waals surface area (Å²) in [5.74, 6) is 1.85. The molecular formula is C21H28N2O4. The highest BCUT2D eigenvalue weighted by Gasteiger charge is 2.08. The molecule has 0 aliphatic rings. The average Bonchev–Trinajstić information content (AvgIpc) is 2.67. The molecule has 0 saturated carbocycles. The van der Waals surface area contributed by atoms with Crippen molar-refractivity contribution in [2.45, 2.75) is 20.4 Å². The number of ether oxygens (including phenoxy) is 3. The van der Waals surface area contributed by atoms with Crippen LogP contribution in [0.25, 0.3) is 0 Å². The summed E-state index contributed by atoms with van der Waals surface area (Å²) < 4.78 is 16.2. The minimum Gasteiger partial charge on any atom is -0.491 e. The van der Waals surface area contributed by atoms with Gasteiger partial charge in [-0.15, -0.1) is 0 Å². The summed E-state index contributed by atoms with van der Waals surface area (Å²) in [7, 11) is 1.64.